The Hall–Kier alpha value is -2.71. The van der Waals surface area contributed by atoms with Crippen LogP contribution in [0.4, 0.5) is 11.4 Å². The van der Waals surface area contributed by atoms with Crippen LogP contribution < -0.4 is 9.80 Å². The number of carbonyl (C=O) groups excluding carboxylic acids is 2. The zero-order chi connectivity index (χ0) is 23.9. The molecule has 5 rings (SSSR count). The normalized spacial score (nSPS) is 19.4. The maximum absolute atomic E-state index is 13.4. The van der Waals surface area contributed by atoms with Crippen molar-refractivity contribution in [1.82, 2.24) is 4.31 Å². The van der Waals surface area contributed by atoms with Crippen LogP contribution in [0.25, 0.3) is 0 Å². The van der Waals surface area contributed by atoms with Gasteiger partial charge >= 0.3 is 0 Å². The number of piperazine rings is 1. The molecule has 8 heteroatoms. The second kappa shape index (κ2) is 9.15. The number of hydrogen-bond acceptors (Lipinski definition) is 5. The Morgan fingerprint density at radius 2 is 1.59 bits per heavy atom. The molecule has 2 aliphatic heterocycles. The zero-order valence-corrected chi connectivity index (χ0v) is 20.4. The average Bonchev–Trinajstić information content (AvgIpc) is 2.82. The van der Waals surface area contributed by atoms with Crippen LogP contribution in [-0.4, -0.2) is 57.1 Å². The summed E-state index contributed by atoms with van der Waals surface area (Å²) in [6.07, 6.45) is 4.69. The number of carbonyl (C=O) groups is 2. The Balaban J connectivity index is 1.29. The van der Waals surface area contributed by atoms with Gasteiger partial charge in [-0.15, -0.1) is 0 Å². The molecule has 2 aromatic carbocycles. The number of fused-ring (bicyclic) bond motifs is 1. The Labute approximate surface area is 201 Å². The first-order valence-corrected chi connectivity index (χ1v) is 13.6. The molecular formula is C26H31N3O4S. The molecule has 0 radical (unpaired) electrons. The molecule has 2 fully saturated rings. The number of hydrogen-bond donors (Lipinski definition) is 0. The van der Waals surface area contributed by atoms with Crippen molar-refractivity contribution >= 4 is 33.1 Å². The lowest BCUT2D eigenvalue weighted by Gasteiger charge is -2.36. The van der Waals surface area contributed by atoms with Crippen LogP contribution in [0.2, 0.25) is 0 Å². The molecule has 0 N–H and O–H groups in total. The average molecular weight is 482 g/mol. The maximum atomic E-state index is 13.4. The minimum absolute atomic E-state index is 0.0306. The van der Waals surface area contributed by atoms with E-state index in [1.54, 1.807) is 23.4 Å². The summed E-state index contributed by atoms with van der Waals surface area (Å²) in [5, 5.41) is 0. The highest BCUT2D eigenvalue weighted by Crippen LogP contribution is 2.35. The van der Waals surface area contributed by atoms with Crippen LogP contribution in [-0.2, 0) is 21.2 Å². The maximum Gasteiger partial charge on any atom is 0.243 e. The lowest BCUT2D eigenvalue weighted by atomic mass is 9.83. The number of benzene rings is 2. The highest BCUT2D eigenvalue weighted by Gasteiger charge is 2.34. The molecule has 7 nitrogen and oxygen atoms in total. The standard InChI is InChI=1S/C26H31N3O4S/c1-19(30)20-7-9-23(10-8-20)27-14-16-28(17-15-27)34(32,33)24-11-12-25-22(18-24)6-3-13-29(25)26(31)21-4-2-5-21/h7-12,18,21H,2-6,13-17H2,1H3. The van der Waals surface area contributed by atoms with Gasteiger partial charge in [0.05, 0.1) is 4.90 Å². The molecule has 1 saturated heterocycles. The molecule has 3 aliphatic rings. The van der Waals surface area contributed by atoms with Gasteiger partial charge in [-0.2, -0.15) is 4.31 Å². The first kappa shape index (κ1) is 23.1. The highest BCUT2D eigenvalue weighted by atomic mass is 32.2. The van der Waals surface area contributed by atoms with Crippen LogP contribution in [0.5, 0.6) is 0 Å². The Morgan fingerprint density at radius 1 is 0.882 bits per heavy atom. The quantitative estimate of drug-likeness (QED) is 0.611. The molecule has 180 valence electrons. The van der Waals surface area contributed by atoms with Gasteiger partial charge in [0.1, 0.15) is 0 Å². The van der Waals surface area contributed by atoms with E-state index in [4.69, 9.17) is 0 Å². The van der Waals surface area contributed by atoms with E-state index in [9.17, 15) is 18.0 Å². The molecule has 0 atom stereocenters. The molecule has 2 heterocycles. The molecule has 1 aliphatic carbocycles. The van der Waals surface area contributed by atoms with Gasteiger partial charge in [-0.05, 0) is 80.6 Å². The Bertz CT molecular complexity index is 1200. The number of ketones is 1. The lowest BCUT2D eigenvalue weighted by Crippen LogP contribution is -2.48. The third-order valence-electron chi connectivity index (χ3n) is 7.41. The fraction of sp³-hybridized carbons (Fsp3) is 0.462. The smallest absolute Gasteiger partial charge is 0.243 e. The second-order valence-electron chi connectivity index (χ2n) is 9.51. The molecular weight excluding hydrogens is 450 g/mol. The molecule has 34 heavy (non-hydrogen) atoms. The minimum Gasteiger partial charge on any atom is -0.369 e. The minimum atomic E-state index is -3.61. The first-order valence-electron chi connectivity index (χ1n) is 12.1. The van der Waals surface area contributed by atoms with Crippen molar-refractivity contribution in [1.29, 1.82) is 0 Å². The molecule has 2 aromatic rings. The molecule has 0 bridgehead atoms. The summed E-state index contributed by atoms with van der Waals surface area (Å²) in [6, 6.07) is 12.7. The van der Waals surface area contributed by atoms with Gasteiger partial charge in [0.2, 0.25) is 15.9 Å². The fourth-order valence-electron chi connectivity index (χ4n) is 5.08. The van der Waals surface area contributed by atoms with E-state index in [1.807, 2.05) is 35.2 Å². The van der Waals surface area contributed by atoms with E-state index < -0.39 is 10.0 Å². The second-order valence-corrected chi connectivity index (χ2v) is 11.4. The van der Waals surface area contributed by atoms with Gasteiger partial charge in [0.25, 0.3) is 0 Å². The van der Waals surface area contributed by atoms with Crippen LogP contribution in [0.15, 0.2) is 47.4 Å². The number of aryl methyl sites for hydroxylation is 1. The van der Waals surface area contributed by atoms with Crippen molar-refractivity contribution in [3.8, 4) is 0 Å². The summed E-state index contributed by atoms with van der Waals surface area (Å²) in [4.78, 5) is 28.7. The number of Topliss-reactive ketones (excluding diaryl/α,β-unsaturated/α-hetero) is 1. The SMILES string of the molecule is CC(=O)c1ccc(N2CCN(S(=O)(=O)c3ccc4c(c3)CCCN4C(=O)C3CCC3)CC2)cc1. The third kappa shape index (κ3) is 4.25. The summed E-state index contributed by atoms with van der Waals surface area (Å²) in [6.45, 7) is 4.24. The van der Waals surface area contributed by atoms with Gasteiger partial charge in [-0.3, -0.25) is 9.59 Å². The van der Waals surface area contributed by atoms with Crippen molar-refractivity contribution in [3.05, 3.63) is 53.6 Å². The van der Waals surface area contributed by atoms with Gasteiger partial charge in [-0.1, -0.05) is 6.42 Å². The first-order chi connectivity index (χ1) is 16.3. The molecule has 0 unspecified atom stereocenters. The molecule has 0 spiro atoms. The van der Waals surface area contributed by atoms with Crippen LogP contribution in [0, 0.1) is 5.92 Å². The molecule has 1 amide bonds. The van der Waals surface area contributed by atoms with Gasteiger partial charge in [0.15, 0.2) is 5.78 Å². The van der Waals surface area contributed by atoms with Crippen LogP contribution >= 0.6 is 0 Å². The van der Waals surface area contributed by atoms with Crippen LogP contribution in [0.3, 0.4) is 0 Å². The zero-order valence-electron chi connectivity index (χ0n) is 19.6. The predicted octanol–water partition coefficient (Wildman–Crippen LogP) is 3.48. The predicted molar refractivity (Wildman–Crippen MR) is 132 cm³/mol. The monoisotopic (exact) mass is 481 g/mol. The Kier molecular flexibility index (Phi) is 6.20. The molecule has 1 saturated carbocycles. The summed E-state index contributed by atoms with van der Waals surface area (Å²) in [5.41, 5.74) is 3.49. The van der Waals surface area contributed by atoms with Gasteiger partial charge in [-0.25, -0.2) is 8.42 Å². The van der Waals surface area contributed by atoms with Gasteiger partial charge in [0, 0.05) is 55.6 Å². The number of anilines is 2. The van der Waals surface area contributed by atoms with E-state index in [0.717, 1.165) is 49.0 Å². The van der Waals surface area contributed by atoms with E-state index in [0.29, 0.717) is 43.2 Å². The lowest BCUT2D eigenvalue weighted by molar-refractivity contribution is -0.124. The fourth-order valence-corrected chi connectivity index (χ4v) is 6.55. The van der Waals surface area contributed by atoms with Gasteiger partial charge < -0.3 is 9.80 Å². The van der Waals surface area contributed by atoms with E-state index in [-0.39, 0.29) is 17.6 Å². The summed E-state index contributed by atoms with van der Waals surface area (Å²) in [5.74, 6) is 0.350. The van der Waals surface area contributed by atoms with Crippen LogP contribution in [0.1, 0.15) is 48.5 Å². The van der Waals surface area contributed by atoms with Crippen molar-refractivity contribution in [2.45, 2.75) is 43.9 Å². The van der Waals surface area contributed by atoms with E-state index >= 15 is 0 Å². The number of rotatable bonds is 5. The van der Waals surface area contributed by atoms with Crippen molar-refractivity contribution < 1.29 is 18.0 Å². The number of amides is 1. The Morgan fingerprint density at radius 3 is 2.21 bits per heavy atom. The summed E-state index contributed by atoms with van der Waals surface area (Å²) < 4.78 is 28.4. The third-order valence-corrected chi connectivity index (χ3v) is 9.30. The van der Waals surface area contributed by atoms with Crippen molar-refractivity contribution in [3.63, 3.8) is 0 Å². The highest BCUT2D eigenvalue weighted by molar-refractivity contribution is 7.89. The number of sulfonamides is 1. The largest absolute Gasteiger partial charge is 0.369 e. The topological polar surface area (TPSA) is 78.0 Å². The summed E-state index contributed by atoms with van der Waals surface area (Å²) >= 11 is 0. The van der Waals surface area contributed by atoms with E-state index in [1.165, 1.54) is 0 Å². The van der Waals surface area contributed by atoms with Crippen molar-refractivity contribution in [2.75, 3.05) is 42.5 Å². The number of nitrogens with zero attached hydrogens (tertiary/aromatic N) is 3. The molecule has 0 aromatic heterocycles. The van der Waals surface area contributed by atoms with Crippen molar-refractivity contribution in [2.24, 2.45) is 5.92 Å². The van der Waals surface area contributed by atoms with E-state index in [2.05, 4.69) is 4.90 Å². The summed E-state index contributed by atoms with van der Waals surface area (Å²) in [7, 11) is -3.61.